The van der Waals surface area contributed by atoms with E-state index in [9.17, 15) is 4.79 Å². The molecule has 0 aliphatic carbocycles. The van der Waals surface area contributed by atoms with Gasteiger partial charge in [0.15, 0.2) is 5.96 Å². The van der Waals surface area contributed by atoms with Crippen molar-refractivity contribution in [1.29, 1.82) is 0 Å². The van der Waals surface area contributed by atoms with Crippen molar-refractivity contribution >= 4 is 11.9 Å². The molecular formula is C22H30N4O2. The molecule has 0 aromatic heterocycles. The summed E-state index contributed by atoms with van der Waals surface area (Å²) in [6.45, 7) is 1.51. The van der Waals surface area contributed by atoms with Crippen molar-refractivity contribution < 1.29 is 9.53 Å². The van der Waals surface area contributed by atoms with E-state index >= 15 is 0 Å². The van der Waals surface area contributed by atoms with Crippen LogP contribution in [-0.2, 0) is 12.8 Å². The van der Waals surface area contributed by atoms with Gasteiger partial charge in [-0.15, -0.1) is 0 Å². The normalized spacial score (nSPS) is 11.1. The highest BCUT2D eigenvalue weighted by Gasteiger charge is 2.08. The second kappa shape index (κ2) is 11.0. The molecule has 0 aliphatic rings. The molecule has 2 N–H and O–H groups in total. The van der Waals surface area contributed by atoms with Gasteiger partial charge in [-0.25, -0.2) is 0 Å². The van der Waals surface area contributed by atoms with Gasteiger partial charge in [0, 0.05) is 39.8 Å². The van der Waals surface area contributed by atoms with Gasteiger partial charge in [-0.1, -0.05) is 24.3 Å². The van der Waals surface area contributed by atoms with Gasteiger partial charge < -0.3 is 20.3 Å². The second-order valence-electron chi connectivity index (χ2n) is 6.68. The number of benzene rings is 2. The lowest BCUT2D eigenvalue weighted by Gasteiger charge is -2.13. The van der Waals surface area contributed by atoms with E-state index in [1.165, 1.54) is 5.56 Å². The van der Waals surface area contributed by atoms with E-state index in [0.717, 1.165) is 43.2 Å². The number of hydrogen-bond acceptors (Lipinski definition) is 3. The van der Waals surface area contributed by atoms with Crippen LogP contribution in [0.5, 0.6) is 5.75 Å². The number of carbonyl (C=O) groups excluding carboxylic acids is 1. The first-order valence-electron chi connectivity index (χ1n) is 9.41. The Bertz CT molecular complexity index is 803. The first kappa shape index (κ1) is 21.3. The quantitative estimate of drug-likeness (QED) is 0.543. The molecule has 2 aromatic carbocycles. The summed E-state index contributed by atoms with van der Waals surface area (Å²) < 4.78 is 5.25. The Morgan fingerprint density at radius 3 is 2.18 bits per heavy atom. The zero-order chi connectivity index (χ0) is 20.4. The van der Waals surface area contributed by atoms with Crippen LogP contribution in [0.3, 0.4) is 0 Å². The van der Waals surface area contributed by atoms with Gasteiger partial charge in [0.2, 0.25) is 0 Å². The van der Waals surface area contributed by atoms with E-state index in [1.807, 2.05) is 42.5 Å². The van der Waals surface area contributed by atoms with Crippen LogP contribution in [0.1, 0.15) is 21.5 Å². The van der Waals surface area contributed by atoms with Crippen molar-refractivity contribution in [3.63, 3.8) is 0 Å². The molecule has 0 saturated carbocycles. The van der Waals surface area contributed by atoms with Crippen LogP contribution < -0.4 is 15.4 Å². The average Bonchev–Trinajstić information content (AvgIpc) is 2.72. The number of ether oxygens (including phenoxy) is 1. The van der Waals surface area contributed by atoms with Crippen molar-refractivity contribution in [3.05, 3.63) is 65.2 Å². The summed E-state index contributed by atoms with van der Waals surface area (Å²) in [4.78, 5) is 17.9. The smallest absolute Gasteiger partial charge is 0.253 e. The molecule has 0 saturated heterocycles. The van der Waals surface area contributed by atoms with Gasteiger partial charge in [-0.3, -0.25) is 9.79 Å². The van der Waals surface area contributed by atoms with Gasteiger partial charge in [0.05, 0.1) is 7.11 Å². The summed E-state index contributed by atoms with van der Waals surface area (Å²) in [6, 6.07) is 15.8. The number of aliphatic imine (C=N–C) groups is 1. The Morgan fingerprint density at radius 2 is 1.61 bits per heavy atom. The number of nitrogens with zero attached hydrogens (tertiary/aromatic N) is 2. The molecule has 2 aromatic rings. The lowest BCUT2D eigenvalue weighted by atomic mass is 10.1. The number of amides is 1. The molecule has 28 heavy (non-hydrogen) atoms. The lowest BCUT2D eigenvalue weighted by Crippen LogP contribution is -2.39. The van der Waals surface area contributed by atoms with Crippen molar-refractivity contribution in [3.8, 4) is 5.75 Å². The zero-order valence-electron chi connectivity index (χ0n) is 17.2. The summed E-state index contributed by atoms with van der Waals surface area (Å²) in [7, 11) is 6.96. The standard InChI is InChI=1S/C22H30N4O2/c1-23-22(25-14-12-18-8-6-10-20(16-18)28-4)24-13-11-17-7-5-9-19(15-17)21(27)26(2)3/h5-10,15-16H,11-14H2,1-4H3,(H2,23,24,25). The van der Waals surface area contributed by atoms with Gasteiger partial charge >= 0.3 is 0 Å². The van der Waals surface area contributed by atoms with Crippen LogP contribution in [0.4, 0.5) is 0 Å². The molecule has 0 unspecified atom stereocenters. The van der Waals surface area contributed by atoms with Gasteiger partial charge in [-0.05, 0) is 48.2 Å². The minimum Gasteiger partial charge on any atom is -0.497 e. The van der Waals surface area contributed by atoms with Crippen LogP contribution in [-0.4, -0.2) is 58.1 Å². The first-order valence-corrected chi connectivity index (χ1v) is 9.41. The maximum absolute atomic E-state index is 12.1. The Hall–Kier alpha value is -3.02. The number of nitrogens with one attached hydrogen (secondary N) is 2. The van der Waals surface area contributed by atoms with Crippen molar-refractivity contribution in [2.45, 2.75) is 12.8 Å². The summed E-state index contributed by atoms with van der Waals surface area (Å²) in [5, 5.41) is 6.64. The van der Waals surface area contributed by atoms with Crippen LogP contribution in [0.25, 0.3) is 0 Å². The highest BCUT2D eigenvalue weighted by molar-refractivity contribution is 5.94. The van der Waals surface area contributed by atoms with Crippen molar-refractivity contribution in [2.75, 3.05) is 41.3 Å². The summed E-state index contributed by atoms with van der Waals surface area (Å²) >= 11 is 0. The fourth-order valence-corrected chi connectivity index (χ4v) is 2.82. The van der Waals surface area contributed by atoms with Crippen molar-refractivity contribution in [1.82, 2.24) is 15.5 Å². The van der Waals surface area contributed by atoms with E-state index in [-0.39, 0.29) is 5.91 Å². The van der Waals surface area contributed by atoms with E-state index < -0.39 is 0 Å². The second-order valence-corrected chi connectivity index (χ2v) is 6.68. The topological polar surface area (TPSA) is 66.0 Å². The van der Waals surface area contributed by atoms with Crippen LogP contribution in [0.2, 0.25) is 0 Å². The maximum atomic E-state index is 12.1. The largest absolute Gasteiger partial charge is 0.497 e. The molecule has 0 heterocycles. The third-order valence-corrected chi connectivity index (χ3v) is 4.35. The minimum atomic E-state index is 0.0184. The molecule has 2 rings (SSSR count). The van der Waals surface area contributed by atoms with E-state index in [2.05, 4.69) is 21.7 Å². The van der Waals surface area contributed by atoms with E-state index in [4.69, 9.17) is 4.74 Å². The molecular weight excluding hydrogens is 352 g/mol. The monoisotopic (exact) mass is 382 g/mol. The first-order chi connectivity index (χ1) is 13.5. The van der Waals surface area contributed by atoms with E-state index in [1.54, 1.807) is 33.2 Å². The van der Waals surface area contributed by atoms with Crippen LogP contribution in [0, 0.1) is 0 Å². The molecule has 6 heteroatoms. The zero-order valence-corrected chi connectivity index (χ0v) is 17.2. The number of guanidine groups is 1. The molecule has 0 radical (unpaired) electrons. The highest BCUT2D eigenvalue weighted by atomic mass is 16.5. The fraction of sp³-hybridized carbons (Fsp3) is 0.364. The molecule has 0 aliphatic heterocycles. The minimum absolute atomic E-state index is 0.0184. The molecule has 0 bridgehead atoms. The molecule has 0 atom stereocenters. The Labute approximate surface area is 167 Å². The molecule has 6 nitrogen and oxygen atoms in total. The van der Waals surface area contributed by atoms with Crippen molar-refractivity contribution in [2.24, 2.45) is 4.99 Å². The van der Waals surface area contributed by atoms with Gasteiger partial charge in [0.1, 0.15) is 5.75 Å². The van der Waals surface area contributed by atoms with Gasteiger partial charge in [-0.2, -0.15) is 0 Å². The Balaban J connectivity index is 1.78. The summed E-state index contributed by atoms with van der Waals surface area (Å²) in [6.07, 6.45) is 1.69. The highest BCUT2D eigenvalue weighted by Crippen LogP contribution is 2.12. The predicted octanol–water partition coefficient (Wildman–Crippen LogP) is 2.35. The van der Waals surface area contributed by atoms with Gasteiger partial charge in [0.25, 0.3) is 5.91 Å². The molecule has 0 fully saturated rings. The lowest BCUT2D eigenvalue weighted by molar-refractivity contribution is 0.0827. The third-order valence-electron chi connectivity index (χ3n) is 4.35. The number of rotatable bonds is 8. The number of hydrogen-bond donors (Lipinski definition) is 2. The Morgan fingerprint density at radius 1 is 1.00 bits per heavy atom. The van der Waals surface area contributed by atoms with Crippen LogP contribution in [0.15, 0.2) is 53.5 Å². The fourth-order valence-electron chi connectivity index (χ4n) is 2.82. The molecule has 150 valence electrons. The SMILES string of the molecule is CN=C(NCCc1cccc(OC)c1)NCCc1cccc(C(=O)N(C)C)c1. The maximum Gasteiger partial charge on any atom is 0.253 e. The Kier molecular flexibility index (Phi) is 8.34. The molecule has 0 spiro atoms. The summed E-state index contributed by atoms with van der Waals surface area (Å²) in [5.41, 5.74) is 3.04. The third kappa shape index (κ3) is 6.61. The number of methoxy groups -OCH3 is 1. The summed E-state index contributed by atoms with van der Waals surface area (Å²) in [5.74, 6) is 1.66. The predicted molar refractivity (Wildman–Crippen MR) is 114 cm³/mol. The van der Waals surface area contributed by atoms with E-state index in [0.29, 0.717) is 5.56 Å². The molecule has 1 amide bonds. The van der Waals surface area contributed by atoms with Crippen LogP contribution >= 0.6 is 0 Å². The number of carbonyl (C=O) groups is 1. The average molecular weight is 383 g/mol.